The monoisotopic (exact) mass is 412 g/mol. The van der Waals surface area contributed by atoms with Crippen LogP contribution in [0.15, 0.2) is 27.4 Å². The number of nitrogens with one attached hydrogen (secondary N) is 1. The highest BCUT2D eigenvalue weighted by Crippen LogP contribution is 2.27. The molecule has 0 unspecified atom stereocenters. The molecule has 0 atom stereocenters. The third kappa shape index (κ3) is 4.08. The Labute approximate surface area is 161 Å². The second kappa shape index (κ2) is 8.03. The first-order chi connectivity index (χ1) is 12.4. The van der Waals surface area contributed by atoms with Crippen molar-refractivity contribution in [1.82, 2.24) is 14.5 Å². The number of aryl methyl sites for hydroxylation is 1. The number of hydrogen-bond acceptors (Lipinski definition) is 7. The summed E-state index contributed by atoms with van der Waals surface area (Å²) in [5, 5.41) is 11.1. The number of sulfonamides is 1. The molecule has 1 saturated heterocycles. The van der Waals surface area contributed by atoms with E-state index in [9.17, 15) is 13.2 Å². The lowest BCUT2D eigenvalue weighted by molar-refractivity contribution is 0.102. The average molecular weight is 413 g/mol. The van der Waals surface area contributed by atoms with Gasteiger partial charge in [0.1, 0.15) is 0 Å². The van der Waals surface area contributed by atoms with Crippen LogP contribution in [0.1, 0.15) is 35.7 Å². The number of anilines is 1. The van der Waals surface area contributed by atoms with Gasteiger partial charge in [-0.1, -0.05) is 36.1 Å². The number of carbonyl (C=O) groups excluding carboxylic acids is 1. The van der Waals surface area contributed by atoms with Crippen molar-refractivity contribution in [3.05, 3.63) is 29.3 Å². The molecule has 10 heteroatoms. The lowest BCUT2D eigenvalue weighted by Crippen LogP contribution is -2.28. The molecule has 140 valence electrons. The molecular formula is C16H20N4O3S3. The Bertz CT molecular complexity index is 905. The van der Waals surface area contributed by atoms with Crippen molar-refractivity contribution in [1.29, 1.82) is 0 Å². The Hall–Kier alpha value is -1.49. The number of carbonyl (C=O) groups is 1. The number of nitrogens with zero attached hydrogens (tertiary/aromatic N) is 3. The van der Waals surface area contributed by atoms with E-state index in [2.05, 4.69) is 15.5 Å². The molecule has 1 aliphatic rings. The number of thioether (sulfide) groups is 1. The molecule has 1 amide bonds. The summed E-state index contributed by atoms with van der Waals surface area (Å²) in [5.41, 5.74) is 1.03. The van der Waals surface area contributed by atoms with Crippen molar-refractivity contribution in [2.75, 3.05) is 24.2 Å². The second-order valence-corrected chi connectivity index (χ2v) is 10.3. The van der Waals surface area contributed by atoms with E-state index in [0.717, 1.165) is 22.9 Å². The molecule has 1 aliphatic heterocycles. The van der Waals surface area contributed by atoms with Crippen LogP contribution in [-0.4, -0.2) is 47.7 Å². The Balaban J connectivity index is 1.83. The maximum Gasteiger partial charge on any atom is 0.257 e. The molecule has 0 spiro atoms. The summed E-state index contributed by atoms with van der Waals surface area (Å²) in [6.45, 7) is 4.85. The van der Waals surface area contributed by atoms with E-state index in [0.29, 0.717) is 29.3 Å². The fourth-order valence-electron chi connectivity index (χ4n) is 2.69. The maximum absolute atomic E-state index is 12.7. The van der Waals surface area contributed by atoms with Gasteiger partial charge in [-0.3, -0.25) is 10.1 Å². The fourth-order valence-corrected chi connectivity index (χ4v) is 5.88. The van der Waals surface area contributed by atoms with E-state index < -0.39 is 10.0 Å². The molecule has 1 aromatic carbocycles. The van der Waals surface area contributed by atoms with Crippen molar-refractivity contribution >= 4 is 44.2 Å². The molecule has 2 aromatic rings. The highest BCUT2D eigenvalue weighted by Gasteiger charge is 2.28. The lowest BCUT2D eigenvalue weighted by atomic mass is 10.1. The molecule has 0 radical (unpaired) electrons. The van der Waals surface area contributed by atoms with E-state index in [4.69, 9.17) is 0 Å². The van der Waals surface area contributed by atoms with Gasteiger partial charge in [0.15, 0.2) is 4.34 Å². The minimum Gasteiger partial charge on any atom is -0.296 e. The van der Waals surface area contributed by atoms with Gasteiger partial charge in [-0.25, -0.2) is 8.42 Å². The van der Waals surface area contributed by atoms with Crippen LogP contribution in [0.4, 0.5) is 5.13 Å². The van der Waals surface area contributed by atoms with Crippen LogP contribution in [0, 0.1) is 6.92 Å². The third-order valence-electron chi connectivity index (χ3n) is 4.05. The molecule has 1 aromatic heterocycles. The smallest absolute Gasteiger partial charge is 0.257 e. The summed E-state index contributed by atoms with van der Waals surface area (Å²) < 4.78 is 27.7. The first-order valence-corrected chi connectivity index (χ1v) is 11.5. The summed E-state index contributed by atoms with van der Waals surface area (Å²) in [5.74, 6) is 0.489. The first-order valence-electron chi connectivity index (χ1n) is 8.30. The highest BCUT2D eigenvalue weighted by molar-refractivity contribution is 8.01. The normalized spacial score (nSPS) is 15.3. The Morgan fingerprint density at radius 2 is 2.04 bits per heavy atom. The van der Waals surface area contributed by atoms with Crippen LogP contribution in [-0.2, 0) is 10.0 Å². The highest BCUT2D eigenvalue weighted by atomic mass is 32.2. The molecule has 3 rings (SSSR count). The van der Waals surface area contributed by atoms with Crippen molar-refractivity contribution in [2.24, 2.45) is 0 Å². The standard InChI is InChI=1S/C16H20N4O3S3/c1-3-24-16-19-18-15(25-16)17-14(21)13-10-12(7-6-11(13)2)26(22,23)20-8-4-5-9-20/h6-7,10H,3-5,8-9H2,1-2H3,(H,17,18,21). The Kier molecular flexibility index (Phi) is 5.96. The van der Waals surface area contributed by atoms with Crippen LogP contribution in [0.5, 0.6) is 0 Å². The zero-order chi connectivity index (χ0) is 18.7. The fraction of sp³-hybridized carbons (Fsp3) is 0.438. The van der Waals surface area contributed by atoms with E-state index in [1.807, 2.05) is 6.92 Å². The van der Waals surface area contributed by atoms with Crippen molar-refractivity contribution in [3.8, 4) is 0 Å². The summed E-state index contributed by atoms with van der Waals surface area (Å²) in [6.07, 6.45) is 1.74. The summed E-state index contributed by atoms with van der Waals surface area (Å²) in [4.78, 5) is 12.8. The molecule has 0 saturated carbocycles. The quantitative estimate of drug-likeness (QED) is 0.579. The van der Waals surface area contributed by atoms with Gasteiger partial charge in [0.25, 0.3) is 5.91 Å². The van der Waals surface area contributed by atoms with E-state index >= 15 is 0 Å². The van der Waals surface area contributed by atoms with Crippen molar-refractivity contribution < 1.29 is 13.2 Å². The Morgan fingerprint density at radius 3 is 2.73 bits per heavy atom. The summed E-state index contributed by atoms with van der Waals surface area (Å²) in [6, 6.07) is 4.66. The van der Waals surface area contributed by atoms with Gasteiger partial charge in [-0.2, -0.15) is 4.31 Å². The van der Waals surface area contributed by atoms with Crippen LogP contribution in [0.2, 0.25) is 0 Å². The molecule has 0 aliphatic carbocycles. The van der Waals surface area contributed by atoms with E-state index in [1.165, 1.54) is 21.7 Å². The molecule has 26 heavy (non-hydrogen) atoms. The number of hydrogen-bond donors (Lipinski definition) is 1. The zero-order valence-electron chi connectivity index (χ0n) is 14.6. The van der Waals surface area contributed by atoms with Crippen molar-refractivity contribution in [2.45, 2.75) is 35.9 Å². The number of aromatic nitrogens is 2. The average Bonchev–Trinajstić information content (AvgIpc) is 3.27. The summed E-state index contributed by atoms with van der Waals surface area (Å²) >= 11 is 2.85. The van der Waals surface area contributed by atoms with Gasteiger partial charge >= 0.3 is 0 Å². The Morgan fingerprint density at radius 1 is 1.31 bits per heavy atom. The largest absolute Gasteiger partial charge is 0.296 e. The molecule has 0 bridgehead atoms. The van der Waals surface area contributed by atoms with Crippen LogP contribution in [0.25, 0.3) is 0 Å². The van der Waals surface area contributed by atoms with Gasteiger partial charge in [0.05, 0.1) is 4.90 Å². The maximum atomic E-state index is 12.7. The number of amides is 1. The van der Waals surface area contributed by atoms with E-state index in [-0.39, 0.29) is 10.8 Å². The number of rotatable bonds is 6. The van der Waals surface area contributed by atoms with Crippen molar-refractivity contribution in [3.63, 3.8) is 0 Å². The molecule has 1 fully saturated rings. The molecular weight excluding hydrogens is 392 g/mol. The molecule has 7 nitrogen and oxygen atoms in total. The van der Waals surface area contributed by atoms with Gasteiger partial charge < -0.3 is 0 Å². The van der Waals surface area contributed by atoms with Gasteiger partial charge in [-0.15, -0.1) is 10.2 Å². The van der Waals surface area contributed by atoms with Crippen LogP contribution < -0.4 is 5.32 Å². The van der Waals surface area contributed by atoms with E-state index in [1.54, 1.807) is 30.8 Å². The minimum atomic E-state index is -3.56. The minimum absolute atomic E-state index is 0.148. The second-order valence-electron chi connectivity index (χ2n) is 5.85. The predicted molar refractivity (Wildman–Crippen MR) is 103 cm³/mol. The molecule has 1 N–H and O–H groups in total. The predicted octanol–water partition coefficient (Wildman–Crippen LogP) is 3.00. The number of benzene rings is 1. The zero-order valence-corrected chi connectivity index (χ0v) is 17.0. The topological polar surface area (TPSA) is 92.3 Å². The van der Waals surface area contributed by atoms with Gasteiger partial charge in [0.2, 0.25) is 15.2 Å². The first kappa shape index (κ1) is 19.3. The third-order valence-corrected chi connectivity index (χ3v) is 7.80. The lowest BCUT2D eigenvalue weighted by Gasteiger charge is -2.16. The summed E-state index contributed by atoms with van der Waals surface area (Å²) in [7, 11) is -3.56. The van der Waals surface area contributed by atoms with Gasteiger partial charge in [0, 0.05) is 18.7 Å². The molecule has 2 heterocycles. The van der Waals surface area contributed by atoms with Gasteiger partial charge in [-0.05, 0) is 43.2 Å². The van der Waals surface area contributed by atoms with Crippen LogP contribution in [0.3, 0.4) is 0 Å². The van der Waals surface area contributed by atoms with Crippen LogP contribution >= 0.6 is 23.1 Å². The SMILES string of the molecule is CCSc1nnc(NC(=O)c2cc(S(=O)(=O)N3CCCC3)ccc2C)s1.